The average molecular weight is 441 g/mol. The normalized spacial score (nSPS) is 18.0. The first-order valence-electron chi connectivity index (χ1n) is 11.0. The minimum Gasteiger partial charge on any atom is -0.461 e. The lowest BCUT2D eigenvalue weighted by molar-refractivity contribution is -0.126. The second-order valence-electron chi connectivity index (χ2n) is 8.99. The van der Waals surface area contributed by atoms with Gasteiger partial charge in [0, 0.05) is 18.3 Å². The summed E-state index contributed by atoms with van der Waals surface area (Å²) in [6.07, 6.45) is 0.833. The fraction of sp³-hybridized carbons (Fsp3) is 0.500. The molecule has 0 spiro atoms. The second kappa shape index (κ2) is 9.14. The molecule has 172 valence electrons. The second-order valence-corrected chi connectivity index (χ2v) is 8.99. The first-order chi connectivity index (χ1) is 15.1. The molecule has 0 saturated heterocycles. The molecule has 8 heteroatoms. The van der Waals surface area contributed by atoms with E-state index in [2.05, 4.69) is 24.3 Å². The molecule has 0 fully saturated rings. The standard InChI is InChI=1S/C24H32N4O4/c1-7-32-22(30)19-13-20-21(29)28(18-11-16(4)10-17(5)12-18)24(6,14-27(20)26-19)23(31)25-9-8-15(2)3/h10-13,15H,7-9,14H2,1-6H3,(H,25,31). The van der Waals surface area contributed by atoms with Gasteiger partial charge in [-0.15, -0.1) is 0 Å². The molecular formula is C24H32N4O4. The number of nitrogens with zero attached hydrogens (tertiary/aromatic N) is 3. The Kier molecular flexibility index (Phi) is 6.71. The minimum atomic E-state index is -1.22. The van der Waals surface area contributed by atoms with Crippen LogP contribution < -0.4 is 10.2 Å². The molecule has 1 N–H and O–H groups in total. The predicted molar refractivity (Wildman–Crippen MR) is 122 cm³/mol. The average Bonchev–Trinajstić information content (AvgIpc) is 3.11. The molecule has 2 aromatic rings. The lowest BCUT2D eigenvalue weighted by atomic mass is 9.93. The van der Waals surface area contributed by atoms with Crippen molar-refractivity contribution >= 4 is 23.5 Å². The molecular weight excluding hydrogens is 408 g/mol. The summed E-state index contributed by atoms with van der Waals surface area (Å²) in [5.74, 6) is -0.796. The summed E-state index contributed by atoms with van der Waals surface area (Å²) in [5, 5.41) is 7.27. The van der Waals surface area contributed by atoms with E-state index >= 15 is 0 Å². The third-order valence-corrected chi connectivity index (χ3v) is 5.60. The van der Waals surface area contributed by atoms with E-state index in [0.29, 0.717) is 18.2 Å². The summed E-state index contributed by atoms with van der Waals surface area (Å²) < 4.78 is 6.48. The molecule has 1 aromatic heterocycles. The Labute approximate surface area is 188 Å². The Balaban J connectivity index is 2.07. The highest BCUT2D eigenvalue weighted by molar-refractivity contribution is 6.12. The fourth-order valence-electron chi connectivity index (χ4n) is 4.04. The van der Waals surface area contributed by atoms with Gasteiger partial charge in [0.2, 0.25) is 5.91 Å². The highest BCUT2D eigenvalue weighted by Crippen LogP contribution is 2.34. The quantitative estimate of drug-likeness (QED) is 0.667. The van der Waals surface area contributed by atoms with Gasteiger partial charge in [0.1, 0.15) is 11.2 Å². The van der Waals surface area contributed by atoms with Gasteiger partial charge < -0.3 is 10.1 Å². The van der Waals surface area contributed by atoms with Crippen LogP contribution in [0.5, 0.6) is 0 Å². The van der Waals surface area contributed by atoms with Crippen LogP contribution in [0.15, 0.2) is 24.3 Å². The van der Waals surface area contributed by atoms with Crippen molar-refractivity contribution in [1.29, 1.82) is 0 Å². The third kappa shape index (κ3) is 4.54. The smallest absolute Gasteiger partial charge is 0.358 e. The van der Waals surface area contributed by atoms with E-state index in [4.69, 9.17) is 4.74 Å². The zero-order chi connectivity index (χ0) is 23.6. The Morgan fingerprint density at radius 2 is 1.84 bits per heavy atom. The van der Waals surface area contributed by atoms with Gasteiger partial charge in [-0.05, 0) is 63.3 Å². The molecule has 32 heavy (non-hydrogen) atoms. The number of nitrogens with one attached hydrogen (secondary N) is 1. The largest absolute Gasteiger partial charge is 0.461 e. The van der Waals surface area contributed by atoms with Crippen LogP contribution in [-0.2, 0) is 16.1 Å². The van der Waals surface area contributed by atoms with Gasteiger partial charge in [0.25, 0.3) is 5.91 Å². The molecule has 2 amide bonds. The molecule has 1 aliphatic heterocycles. The van der Waals surface area contributed by atoms with Crippen LogP contribution in [0.2, 0.25) is 0 Å². The van der Waals surface area contributed by atoms with E-state index < -0.39 is 11.5 Å². The molecule has 1 aliphatic rings. The lowest BCUT2D eigenvalue weighted by Gasteiger charge is -2.43. The topological polar surface area (TPSA) is 93.5 Å². The number of hydrogen-bond acceptors (Lipinski definition) is 5. The van der Waals surface area contributed by atoms with Crippen molar-refractivity contribution < 1.29 is 19.1 Å². The number of rotatable bonds is 7. The van der Waals surface area contributed by atoms with E-state index in [1.807, 2.05) is 32.0 Å². The lowest BCUT2D eigenvalue weighted by Crippen LogP contribution is -2.64. The molecule has 2 heterocycles. The fourth-order valence-corrected chi connectivity index (χ4v) is 4.04. The number of esters is 1. The Bertz CT molecular complexity index is 1020. The van der Waals surface area contributed by atoms with Crippen molar-refractivity contribution in [2.24, 2.45) is 5.92 Å². The number of ether oxygens (including phenoxy) is 1. The number of amides is 2. The molecule has 1 atom stereocenters. The Morgan fingerprint density at radius 3 is 2.44 bits per heavy atom. The van der Waals surface area contributed by atoms with Gasteiger partial charge in [0.15, 0.2) is 5.69 Å². The highest BCUT2D eigenvalue weighted by Gasteiger charge is 2.49. The van der Waals surface area contributed by atoms with E-state index in [-0.39, 0.29) is 36.4 Å². The summed E-state index contributed by atoms with van der Waals surface area (Å²) in [6, 6.07) is 7.24. The van der Waals surface area contributed by atoms with Crippen molar-refractivity contribution in [2.75, 3.05) is 18.1 Å². The molecule has 1 unspecified atom stereocenters. The van der Waals surface area contributed by atoms with Crippen molar-refractivity contribution in [2.45, 2.75) is 60.0 Å². The Morgan fingerprint density at radius 1 is 1.19 bits per heavy atom. The van der Waals surface area contributed by atoms with Gasteiger partial charge in [-0.1, -0.05) is 19.9 Å². The number of aryl methyl sites for hydroxylation is 2. The monoisotopic (exact) mass is 440 g/mol. The van der Waals surface area contributed by atoms with Crippen LogP contribution in [0.3, 0.4) is 0 Å². The van der Waals surface area contributed by atoms with Crippen molar-refractivity contribution in [3.8, 4) is 0 Å². The maximum atomic E-state index is 13.7. The summed E-state index contributed by atoms with van der Waals surface area (Å²) in [6.45, 7) is 12.4. The van der Waals surface area contributed by atoms with Crippen LogP contribution >= 0.6 is 0 Å². The maximum absolute atomic E-state index is 13.7. The summed E-state index contributed by atoms with van der Waals surface area (Å²) in [4.78, 5) is 40.8. The van der Waals surface area contributed by atoms with Gasteiger partial charge in [0.05, 0.1) is 13.2 Å². The maximum Gasteiger partial charge on any atom is 0.358 e. The van der Waals surface area contributed by atoms with Crippen LogP contribution in [0, 0.1) is 19.8 Å². The molecule has 0 bridgehead atoms. The number of carbonyl (C=O) groups is 3. The molecule has 0 radical (unpaired) electrons. The van der Waals surface area contributed by atoms with Gasteiger partial charge in [-0.2, -0.15) is 5.10 Å². The highest BCUT2D eigenvalue weighted by atomic mass is 16.5. The number of aromatic nitrogens is 2. The summed E-state index contributed by atoms with van der Waals surface area (Å²) in [7, 11) is 0. The minimum absolute atomic E-state index is 0.0556. The molecule has 8 nitrogen and oxygen atoms in total. The molecule has 1 aromatic carbocycles. The van der Waals surface area contributed by atoms with Crippen LogP contribution in [0.1, 0.15) is 66.2 Å². The molecule has 0 saturated carbocycles. The molecule has 3 rings (SSSR count). The summed E-state index contributed by atoms with van der Waals surface area (Å²) in [5.41, 5.74) is 1.70. The summed E-state index contributed by atoms with van der Waals surface area (Å²) >= 11 is 0. The molecule has 0 aliphatic carbocycles. The van der Waals surface area contributed by atoms with E-state index in [0.717, 1.165) is 17.5 Å². The zero-order valence-electron chi connectivity index (χ0n) is 19.7. The van der Waals surface area contributed by atoms with E-state index in [1.54, 1.807) is 13.8 Å². The van der Waals surface area contributed by atoms with Crippen molar-refractivity contribution in [3.63, 3.8) is 0 Å². The number of fused-ring (bicyclic) bond motifs is 1. The number of hydrogen-bond donors (Lipinski definition) is 1. The van der Waals surface area contributed by atoms with Crippen LogP contribution in [-0.4, -0.2) is 46.3 Å². The van der Waals surface area contributed by atoms with Gasteiger partial charge >= 0.3 is 5.97 Å². The van der Waals surface area contributed by atoms with Crippen LogP contribution in [0.4, 0.5) is 5.69 Å². The third-order valence-electron chi connectivity index (χ3n) is 5.60. The number of benzene rings is 1. The van der Waals surface area contributed by atoms with Crippen LogP contribution in [0.25, 0.3) is 0 Å². The van der Waals surface area contributed by atoms with Crippen molar-refractivity contribution in [3.05, 3.63) is 46.8 Å². The van der Waals surface area contributed by atoms with Gasteiger partial charge in [-0.3, -0.25) is 19.2 Å². The number of carbonyl (C=O) groups excluding carboxylic acids is 3. The predicted octanol–water partition coefficient (Wildman–Crippen LogP) is 3.26. The van der Waals surface area contributed by atoms with Crippen molar-refractivity contribution in [1.82, 2.24) is 15.1 Å². The SMILES string of the molecule is CCOC(=O)c1cc2n(n1)CC(C)(C(=O)NCCC(C)C)N(c1cc(C)cc(C)c1)C2=O. The number of anilines is 1. The zero-order valence-corrected chi connectivity index (χ0v) is 19.7. The Hall–Kier alpha value is -3.16. The van der Waals surface area contributed by atoms with E-state index in [9.17, 15) is 14.4 Å². The first-order valence-corrected chi connectivity index (χ1v) is 11.0. The van der Waals surface area contributed by atoms with E-state index in [1.165, 1.54) is 15.6 Å². The first kappa shape index (κ1) is 23.5. The van der Waals surface area contributed by atoms with Gasteiger partial charge in [-0.25, -0.2) is 4.79 Å².